The molecule has 0 radical (unpaired) electrons. The molecule has 0 unspecified atom stereocenters. The van der Waals surface area contributed by atoms with E-state index in [9.17, 15) is 0 Å². The molecule has 0 atom stereocenters. The molecule has 0 fully saturated rings. The van der Waals surface area contributed by atoms with E-state index in [2.05, 4.69) is 5.32 Å². The van der Waals surface area contributed by atoms with E-state index < -0.39 is 0 Å². The van der Waals surface area contributed by atoms with Gasteiger partial charge in [0.1, 0.15) is 0 Å². The van der Waals surface area contributed by atoms with Gasteiger partial charge in [0.05, 0.1) is 0 Å². The van der Waals surface area contributed by atoms with Gasteiger partial charge in [-0.2, -0.15) is 0 Å². The number of nitrogens with one attached hydrogen (secondary N) is 1. The highest BCUT2D eigenvalue weighted by Gasteiger charge is 2.12. The lowest BCUT2D eigenvalue weighted by Gasteiger charge is -2.06. The molecule has 2 rings (SSSR count). The largest absolute Gasteiger partial charge is 0.454 e. The normalized spacial score (nSPS) is 14.1. The highest BCUT2D eigenvalue weighted by atomic mass is 35.5. The van der Waals surface area contributed by atoms with Crippen molar-refractivity contribution in [2.45, 2.75) is 6.92 Å². The Balaban J connectivity index is 2.04. The summed E-state index contributed by atoms with van der Waals surface area (Å²) in [4.78, 5) is 0. The predicted octanol–water partition coefficient (Wildman–Crippen LogP) is 2.97. The van der Waals surface area contributed by atoms with Gasteiger partial charge in [-0.25, -0.2) is 0 Å². The molecular formula is C11H12ClNO2. The van der Waals surface area contributed by atoms with Gasteiger partial charge in [0, 0.05) is 23.8 Å². The predicted molar refractivity (Wildman–Crippen MR) is 60.7 cm³/mol. The molecule has 1 heterocycles. The minimum Gasteiger partial charge on any atom is -0.454 e. The molecule has 0 aromatic heterocycles. The van der Waals surface area contributed by atoms with Crippen molar-refractivity contribution < 1.29 is 9.47 Å². The van der Waals surface area contributed by atoms with Crippen LogP contribution in [0.25, 0.3) is 0 Å². The topological polar surface area (TPSA) is 30.5 Å². The zero-order valence-electron chi connectivity index (χ0n) is 8.42. The first-order chi connectivity index (χ1) is 7.29. The monoisotopic (exact) mass is 225 g/mol. The van der Waals surface area contributed by atoms with E-state index in [1.165, 1.54) is 0 Å². The van der Waals surface area contributed by atoms with Gasteiger partial charge in [0.15, 0.2) is 11.5 Å². The van der Waals surface area contributed by atoms with E-state index in [0.717, 1.165) is 29.3 Å². The van der Waals surface area contributed by atoms with Crippen molar-refractivity contribution in [1.82, 2.24) is 0 Å². The number of ether oxygens (including phenoxy) is 2. The van der Waals surface area contributed by atoms with Crippen LogP contribution in [0, 0.1) is 0 Å². The molecule has 0 amide bonds. The first-order valence-electron chi connectivity index (χ1n) is 4.69. The summed E-state index contributed by atoms with van der Waals surface area (Å²) < 4.78 is 10.5. The van der Waals surface area contributed by atoms with Crippen LogP contribution in [0.4, 0.5) is 5.69 Å². The highest BCUT2D eigenvalue weighted by molar-refractivity contribution is 6.25. The molecule has 0 spiro atoms. The maximum atomic E-state index is 5.57. The molecule has 1 aromatic rings. The number of rotatable bonds is 3. The van der Waals surface area contributed by atoms with E-state index in [0.29, 0.717) is 6.79 Å². The van der Waals surface area contributed by atoms with Crippen LogP contribution in [-0.4, -0.2) is 13.3 Å². The summed E-state index contributed by atoms with van der Waals surface area (Å²) in [6, 6.07) is 5.77. The van der Waals surface area contributed by atoms with Crippen molar-refractivity contribution in [2.24, 2.45) is 0 Å². The van der Waals surface area contributed by atoms with Gasteiger partial charge in [-0.3, -0.25) is 0 Å². The lowest BCUT2D eigenvalue weighted by molar-refractivity contribution is 0.174. The fourth-order valence-electron chi connectivity index (χ4n) is 1.29. The second-order valence-electron chi connectivity index (χ2n) is 3.38. The van der Waals surface area contributed by atoms with Crippen LogP contribution < -0.4 is 14.8 Å². The van der Waals surface area contributed by atoms with Crippen molar-refractivity contribution in [1.29, 1.82) is 0 Å². The third-order valence-corrected chi connectivity index (χ3v) is 2.50. The summed E-state index contributed by atoms with van der Waals surface area (Å²) in [6.07, 6.45) is 0. The second kappa shape index (κ2) is 4.45. The van der Waals surface area contributed by atoms with E-state index in [-0.39, 0.29) is 0 Å². The highest BCUT2D eigenvalue weighted by Crippen LogP contribution is 2.34. The molecule has 4 heteroatoms. The van der Waals surface area contributed by atoms with Crippen LogP contribution in [0.3, 0.4) is 0 Å². The van der Waals surface area contributed by atoms with E-state index >= 15 is 0 Å². The van der Waals surface area contributed by atoms with Gasteiger partial charge in [0.2, 0.25) is 6.79 Å². The molecule has 0 aliphatic carbocycles. The molecule has 0 bridgehead atoms. The number of fused-ring (bicyclic) bond motifs is 1. The van der Waals surface area contributed by atoms with Crippen molar-refractivity contribution in [2.75, 3.05) is 18.7 Å². The number of hydrogen-bond acceptors (Lipinski definition) is 3. The Hall–Kier alpha value is -1.35. The smallest absolute Gasteiger partial charge is 0.231 e. The van der Waals surface area contributed by atoms with Crippen molar-refractivity contribution >= 4 is 17.3 Å². The summed E-state index contributed by atoms with van der Waals surface area (Å²) in [5.74, 6) is 1.58. The summed E-state index contributed by atoms with van der Waals surface area (Å²) in [7, 11) is 0. The van der Waals surface area contributed by atoms with Gasteiger partial charge >= 0.3 is 0 Å². The Morgan fingerprint density at radius 3 is 3.07 bits per heavy atom. The Labute approximate surface area is 93.6 Å². The third kappa shape index (κ3) is 2.36. The molecule has 80 valence electrons. The zero-order valence-corrected chi connectivity index (χ0v) is 9.17. The van der Waals surface area contributed by atoms with Gasteiger partial charge < -0.3 is 14.8 Å². The summed E-state index contributed by atoms with van der Waals surface area (Å²) in [6.45, 7) is 3.00. The van der Waals surface area contributed by atoms with Crippen LogP contribution in [0.1, 0.15) is 6.92 Å². The third-order valence-electron chi connectivity index (χ3n) is 2.13. The van der Waals surface area contributed by atoms with Gasteiger partial charge in [-0.15, -0.1) is 0 Å². The quantitative estimate of drug-likeness (QED) is 0.858. The number of anilines is 1. The number of halogens is 1. The number of hydrogen-bond donors (Lipinski definition) is 1. The molecular weight excluding hydrogens is 214 g/mol. The van der Waals surface area contributed by atoms with E-state index in [1.54, 1.807) is 5.54 Å². The first kappa shape index (κ1) is 10.2. The van der Waals surface area contributed by atoms with Crippen LogP contribution in [0.5, 0.6) is 11.5 Å². The minimum absolute atomic E-state index is 0.305. The molecule has 0 saturated heterocycles. The molecule has 3 nitrogen and oxygen atoms in total. The summed E-state index contributed by atoms with van der Waals surface area (Å²) >= 11 is 5.57. The molecule has 15 heavy (non-hydrogen) atoms. The first-order valence-corrected chi connectivity index (χ1v) is 5.12. The van der Waals surface area contributed by atoms with E-state index in [4.69, 9.17) is 21.1 Å². The average Bonchev–Trinajstić information content (AvgIpc) is 2.72. The van der Waals surface area contributed by atoms with Crippen molar-refractivity contribution in [3.05, 3.63) is 29.3 Å². The second-order valence-corrected chi connectivity index (χ2v) is 3.60. The fourth-order valence-corrected chi connectivity index (χ4v) is 1.36. The SMILES string of the molecule is C/C(=C/Cl)CNc1ccc2c(c1)OCO2. The molecule has 1 N–H and O–H groups in total. The maximum Gasteiger partial charge on any atom is 0.231 e. The molecule has 0 saturated carbocycles. The fraction of sp³-hybridized carbons (Fsp3) is 0.273. The zero-order chi connectivity index (χ0) is 10.7. The minimum atomic E-state index is 0.305. The Morgan fingerprint density at radius 1 is 1.47 bits per heavy atom. The maximum absolute atomic E-state index is 5.57. The van der Waals surface area contributed by atoms with Crippen LogP contribution in [0.2, 0.25) is 0 Å². The Morgan fingerprint density at radius 2 is 2.27 bits per heavy atom. The lowest BCUT2D eigenvalue weighted by Crippen LogP contribution is -2.01. The summed E-state index contributed by atoms with van der Waals surface area (Å²) in [5, 5.41) is 3.24. The van der Waals surface area contributed by atoms with Crippen molar-refractivity contribution in [3.63, 3.8) is 0 Å². The molecule has 1 aromatic carbocycles. The Kier molecular flexibility index (Phi) is 3.02. The van der Waals surface area contributed by atoms with Crippen LogP contribution in [-0.2, 0) is 0 Å². The average molecular weight is 226 g/mol. The molecule has 1 aliphatic heterocycles. The van der Waals surface area contributed by atoms with E-state index in [1.807, 2.05) is 25.1 Å². The molecule has 1 aliphatic rings. The van der Waals surface area contributed by atoms with Crippen molar-refractivity contribution in [3.8, 4) is 11.5 Å². The standard InChI is InChI=1S/C11H12ClNO2/c1-8(5-12)6-13-9-2-3-10-11(4-9)15-7-14-10/h2-5,13H,6-7H2,1H3/b8-5-. The van der Waals surface area contributed by atoms with Gasteiger partial charge in [-0.05, 0) is 24.6 Å². The Bertz CT molecular complexity index is 390. The van der Waals surface area contributed by atoms with Crippen LogP contribution >= 0.6 is 11.6 Å². The van der Waals surface area contributed by atoms with Gasteiger partial charge in [0.25, 0.3) is 0 Å². The lowest BCUT2D eigenvalue weighted by atomic mass is 10.2. The van der Waals surface area contributed by atoms with Gasteiger partial charge in [-0.1, -0.05) is 11.6 Å². The number of benzene rings is 1. The van der Waals surface area contributed by atoms with Crippen LogP contribution in [0.15, 0.2) is 29.3 Å². The summed E-state index contributed by atoms with van der Waals surface area (Å²) in [5.41, 5.74) is 3.64.